The smallest absolute Gasteiger partial charge is 0.295 e. The number of hydrogen-bond acceptors (Lipinski definition) is 5. The number of para-hydroxylation sites is 1. The van der Waals surface area contributed by atoms with E-state index in [0.29, 0.717) is 23.5 Å². The van der Waals surface area contributed by atoms with E-state index in [1.807, 2.05) is 18.2 Å². The number of anilines is 1. The van der Waals surface area contributed by atoms with E-state index in [-0.39, 0.29) is 17.4 Å². The molecule has 1 aliphatic rings. The van der Waals surface area contributed by atoms with Crippen molar-refractivity contribution in [1.82, 2.24) is 0 Å². The number of nitrogens with zero attached hydrogens (tertiary/aromatic N) is 1. The van der Waals surface area contributed by atoms with Gasteiger partial charge in [-0.05, 0) is 30.7 Å². The molecule has 0 aromatic heterocycles. The van der Waals surface area contributed by atoms with Crippen molar-refractivity contribution < 1.29 is 14.4 Å². The summed E-state index contributed by atoms with van der Waals surface area (Å²) >= 11 is 0. The zero-order valence-corrected chi connectivity index (χ0v) is 11.5. The van der Waals surface area contributed by atoms with E-state index in [2.05, 4.69) is 5.32 Å². The molecule has 2 aromatic rings. The van der Waals surface area contributed by atoms with Gasteiger partial charge in [0.1, 0.15) is 5.69 Å². The maximum absolute atomic E-state index is 11.1. The summed E-state index contributed by atoms with van der Waals surface area (Å²) in [4.78, 5) is 10.8. The molecule has 0 saturated carbocycles. The van der Waals surface area contributed by atoms with Gasteiger partial charge >= 0.3 is 0 Å². The molecule has 2 aromatic carbocycles. The first-order valence-electron chi connectivity index (χ1n) is 6.51. The predicted octanol–water partition coefficient (Wildman–Crippen LogP) is 3.24. The molecule has 3 rings (SSSR count). The topological polar surface area (TPSA) is 73.6 Å². The van der Waals surface area contributed by atoms with Gasteiger partial charge in [0.25, 0.3) is 5.69 Å². The SMILES string of the molecule is Cc1cccc(NCc2ccc3c(c2)OCO3)c1[N+](=O)[O-]. The third kappa shape index (κ3) is 2.60. The van der Waals surface area contributed by atoms with Gasteiger partial charge in [-0.3, -0.25) is 10.1 Å². The molecule has 21 heavy (non-hydrogen) atoms. The van der Waals surface area contributed by atoms with Crippen LogP contribution in [0.5, 0.6) is 11.5 Å². The molecular weight excluding hydrogens is 272 g/mol. The minimum absolute atomic E-state index is 0.109. The van der Waals surface area contributed by atoms with Crippen LogP contribution >= 0.6 is 0 Å². The summed E-state index contributed by atoms with van der Waals surface area (Å²) in [6.07, 6.45) is 0. The van der Waals surface area contributed by atoms with Gasteiger partial charge in [0, 0.05) is 12.1 Å². The summed E-state index contributed by atoms with van der Waals surface area (Å²) in [5, 5.41) is 14.2. The molecule has 0 atom stereocenters. The Labute approximate surface area is 121 Å². The van der Waals surface area contributed by atoms with Crippen molar-refractivity contribution in [2.24, 2.45) is 0 Å². The van der Waals surface area contributed by atoms with Crippen LogP contribution < -0.4 is 14.8 Å². The van der Waals surface area contributed by atoms with Gasteiger partial charge in [-0.15, -0.1) is 0 Å². The first kappa shape index (κ1) is 13.2. The van der Waals surface area contributed by atoms with E-state index in [9.17, 15) is 10.1 Å². The molecule has 108 valence electrons. The molecule has 1 heterocycles. The summed E-state index contributed by atoms with van der Waals surface area (Å²) in [5.41, 5.74) is 2.22. The largest absolute Gasteiger partial charge is 0.454 e. The molecule has 0 bridgehead atoms. The highest BCUT2D eigenvalue weighted by atomic mass is 16.7. The number of aryl methyl sites for hydroxylation is 1. The van der Waals surface area contributed by atoms with Gasteiger partial charge in [-0.1, -0.05) is 18.2 Å². The molecule has 0 unspecified atom stereocenters. The van der Waals surface area contributed by atoms with Crippen LogP contribution in [-0.4, -0.2) is 11.7 Å². The first-order valence-corrected chi connectivity index (χ1v) is 6.51. The molecule has 0 radical (unpaired) electrons. The maximum atomic E-state index is 11.1. The Balaban J connectivity index is 1.79. The van der Waals surface area contributed by atoms with Crippen LogP contribution in [-0.2, 0) is 6.54 Å². The number of nitro groups is 1. The minimum atomic E-state index is -0.364. The molecule has 0 spiro atoms. The zero-order valence-electron chi connectivity index (χ0n) is 11.5. The highest BCUT2D eigenvalue weighted by molar-refractivity contribution is 5.65. The van der Waals surface area contributed by atoms with E-state index < -0.39 is 0 Å². The van der Waals surface area contributed by atoms with Gasteiger partial charge in [0.05, 0.1) is 4.92 Å². The van der Waals surface area contributed by atoms with Crippen LogP contribution in [0.3, 0.4) is 0 Å². The lowest BCUT2D eigenvalue weighted by atomic mass is 10.1. The lowest BCUT2D eigenvalue weighted by molar-refractivity contribution is -0.384. The standard InChI is InChI=1S/C15H14N2O4/c1-10-3-2-4-12(15(10)17(18)19)16-8-11-5-6-13-14(7-11)21-9-20-13/h2-7,16H,8-9H2,1H3. The molecular formula is C15H14N2O4. The average molecular weight is 286 g/mol. The van der Waals surface area contributed by atoms with Crippen molar-refractivity contribution in [3.05, 3.63) is 57.6 Å². The fraction of sp³-hybridized carbons (Fsp3) is 0.200. The lowest BCUT2D eigenvalue weighted by Gasteiger charge is -2.09. The Morgan fingerprint density at radius 2 is 2.05 bits per heavy atom. The molecule has 0 aliphatic carbocycles. The van der Waals surface area contributed by atoms with E-state index in [1.165, 1.54) is 0 Å². The quantitative estimate of drug-likeness (QED) is 0.690. The normalized spacial score (nSPS) is 12.2. The van der Waals surface area contributed by atoms with E-state index in [1.54, 1.807) is 25.1 Å². The Hall–Kier alpha value is -2.76. The summed E-state index contributed by atoms with van der Waals surface area (Å²) in [5.74, 6) is 1.42. The Kier molecular flexibility index (Phi) is 3.35. The minimum Gasteiger partial charge on any atom is -0.454 e. The van der Waals surface area contributed by atoms with E-state index >= 15 is 0 Å². The monoisotopic (exact) mass is 286 g/mol. The number of benzene rings is 2. The predicted molar refractivity (Wildman–Crippen MR) is 77.7 cm³/mol. The second-order valence-electron chi connectivity index (χ2n) is 4.77. The molecule has 1 aliphatic heterocycles. The highest BCUT2D eigenvalue weighted by Gasteiger charge is 2.17. The number of fused-ring (bicyclic) bond motifs is 1. The number of nitrogens with one attached hydrogen (secondary N) is 1. The van der Waals surface area contributed by atoms with Crippen molar-refractivity contribution in [1.29, 1.82) is 0 Å². The van der Waals surface area contributed by atoms with Crippen LogP contribution in [0.2, 0.25) is 0 Å². The summed E-state index contributed by atoms with van der Waals surface area (Å²) in [6, 6.07) is 10.8. The molecule has 1 N–H and O–H groups in total. The lowest BCUT2D eigenvalue weighted by Crippen LogP contribution is -2.03. The number of hydrogen-bond donors (Lipinski definition) is 1. The molecule has 6 nitrogen and oxygen atoms in total. The van der Waals surface area contributed by atoms with Gasteiger partial charge in [0.2, 0.25) is 6.79 Å². The van der Waals surface area contributed by atoms with Gasteiger partial charge < -0.3 is 14.8 Å². The van der Waals surface area contributed by atoms with Crippen LogP contribution in [0.25, 0.3) is 0 Å². The van der Waals surface area contributed by atoms with E-state index in [0.717, 1.165) is 11.3 Å². The molecule has 0 amide bonds. The second kappa shape index (κ2) is 5.32. The summed E-state index contributed by atoms with van der Waals surface area (Å²) in [6.45, 7) is 2.43. The maximum Gasteiger partial charge on any atom is 0.295 e. The Morgan fingerprint density at radius 3 is 2.86 bits per heavy atom. The van der Waals surface area contributed by atoms with Crippen molar-refractivity contribution >= 4 is 11.4 Å². The van der Waals surface area contributed by atoms with Crippen molar-refractivity contribution in [2.75, 3.05) is 12.1 Å². The van der Waals surface area contributed by atoms with E-state index in [4.69, 9.17) is 9.47 Å². The number of nitro benzene ring substituents is 1. The van der Waals surface area contributed by atoms with Gasteiger partial charge in [-0.25, -0.2) is 0 Å². The Bertz CT molecular complexity index is 700. The Morgan fingerprint density at radius 1 is 1.24 bits per heavy atom. The van der Waals surface area contributed by atoms with Gasteiger partial charge in [-0.2, -0.15) is 0 Å². The van der Waals surface area contributed by atoms with Crippen LogP contribution in [0.15, 0.2) is 36.4 Å². The van der Waals surface area contributed by atoms with Gasteiger partial charge in [0.15, 0.2) is 11.5 Å². The molecule has 6 heteroatoms. The first-order chi connectivity index (χ1) is 10.1. The fourth-order valence-electron chi connectivity index (χ4n) is 2.29. The molecule has 0 fully saturated rings. The highest BCUT2D eigenvalue weighted by Crippen LogP contribution is 2.33. The third-order valence-corrected chi connectivity index (χ3v) is 3.34. The fourth-order valence-corrected chi connectivity index (χ4v) is 2.29. The van der Waals surface area contributed by atoms with Crippen LogP contribution in [0, 0.1) is 17.0 Å². The molecule has 0 saturated heterocycles. The number of rotatable bonds is 4. The van der Waals surface area contributed by atoms with Crippen molar-refractivity contribution in [2.45, 2.75) is 13.5 Å². The zero-order chi connectivity index (χ0) is 14.8. The van der Waals surface area contributed by atoms with Crippen LogP contribution in [0.4, 0.5) is 11.4 Å². The summed E-state index contributed by atoms with van der Waals surface area (Å²) in [7, 11) is 0. The van der Waals surface area contributed by atoms with Crippen molar-refractivity contribution in [3.63, 3.8) is 0 Å². The third-order valence-electron chi connectivity index (χ3n) is 3.34. The van der Waals surface area contributed by atoms with Crippen LogP contribution in [0.1, 0.15) is 11.1 Å². The van der Waals surface area contributed by atoms with Crippen molar-refractivity contribution in [3.8, 4) is 11.5 Å². The second-order valence-corrected chi connectivity index (χ2v) is 4.77. The average Bonchev–Trinajstić information content (AvgIpc) is 2.92. The number of ether oxygens (including phenoxy) is 2. The summed E-state index contributed by atoms with van der Waals surface area (Å²) < 4.78 is 10.6.